The Morgan fingerprint density at radius 2 is 1.72 bits per heavy atom. The summed E-state index contributed by atoms with van der Waals surface area (Å²) < 4.78 is 34.9. The maximum atomic E-state index is 12.6. The fraction of sp³-hybridized carbons (Fsp3) is 0.261. The summed E-state index contributed by atoms with van der Waals surface area (Å²) in [6.07, 6.45) is 2.01. The molecule has 0 unspecified atom stereocenters. The van der Waals surface area contributed by atoms with Crippen molar-refractivity contribution in [2.24, 2.45) is 0 Å². The summed E-state index contributed by atoms with van der Waals surface area (Å²) in [4.78, 5) is 11.7. The highest BCUT2D eigenvalue weighted by atomic mass is 35.5. The second-order valence-corrected chi connectivity index (χ2v) is 9.66. The predicted molar refractivity (Wildman–Crippen MR) is 124 cm³/mol. The Labute approximate surface area is 192 Å². The molecule has 0 atom stereocenters. The van der Waals surface area contributed by atoms with Crippen molar-refractivity contribution in [3.05, 3.63) is 76.1 Å². The molecule has 0 bridgehead atoms. The van der Waals surface area contributed by atoms with E-state index in [0.29, 0.717) is 30.3 Å². The molecule has 0 radical (unpaired) electrons. The van der Waals surface area contributed by atoms with Crippen LogP contribution in [-0.2, 0) is 16.6 Å². The number of carbonyl (C=O) groups is 1. The number of carboxylic acid groups (broad SMARTS) is 1. The summed E-state index contributed by atoms with van der Waals surface area (Å²) >= 11 is 6.17. The molecule has 0 aliphatic carbocycles. The molecule has 0 aliphatic heterocycles. The first kappa shape index (κ1) is 23.7. The van der Waals surface area contributed by atoms with Crippen LogP contribution in [0.25, 0.3) is 0 Å². The highest BCUT2D eigenvalue weighted by molar-refractivity contribution is 7.92. The van der Waals surface area contributed by atoms with Crippen molar-refractivity contribution < 1.29 is 23.1 Å². The number of sulfonamides is 1. The van der Waals surface area contributed by atoms with Crippen molar-refractivity contribution in [2.45, 2.75) is 38.6 Å². The van der Waals surface area contributed by atoms with Crippen LogP contribution in [0.1, 0.15) is 33.6 Å². The van der Waals surface area contributed by atoms with Crippen LogP contribution in [0, 0.1) is 20.8 Å². The van der Waals surface area contributed by atoms with Gasteiger partial charge in [0.25, 0.3) is 10.0 Å². The van der Waals surface area contributed by atoms with E-state index in [1.54, 1.807) is 12.1 Å². The SMILES string of the molecule is Cc1ccc(S(=O)(=O)Nc2cc(C(=O)O)n(CCCOc3cc(C)c(Cl)c(C)c3)c2)cc1. The summed E-state index contributed by atoms with van der Waals surface area (Å²) in [7, 11) is -3.82. The van der Waals surface area contributed by atoms with E-state index in [2.05, 4.69) is 4.72 Å². The molecule has 9 heteroatoms. The summed E-state index contributed by atoms with van der Waals surface area (Å²) in [5.74, 6) is -0.447. The van der Waals surface area contributed by atoms with Crippen LogP contribution in [0.15, 0.2) is 53.6 Å². The Balaban J connectivity index is 1.67. The van der Waals surface area contributed by atoms with E-state index in [4.69, 9.17) is 16.3 Å². The van der Waals surface area contributed by atoms with E-state index in [1.807, 2.05) is 32.9 Å². The minimum absolute atomic E-state index is 0.00946. The van der Waals surface area contributed by atoms with Crippen molar-refractivity contribution in [2.75, 3.05) is 11.3 Å². The van der Waals surface area contributed by atoms with Crippen molar-refractivity contribution >= 4 is 33.3 Å². The summed E-state index contributed by atoms with van der Waals surface area (Å²) in [5, 5.41) is 10.2. The average Bonchev–Trinajstić information content (AvgIpc) is 3.11. The maximum absolute atomic E-state index is 12.6. The number of nitrogens with zero attached hydrogens (tertiary/aromatic N) is 1. The van der Waals surface area contributed by atoms with E-state index in [0.717, 1.165) is 16.7 Å². The normalized spacial score (nSPS) is 11.4. The second kappa shape index (κ2) is 9.67. The Bertz CT molecular complexity index is 1210. The van der Waals surface area contributed by atoms with Crippen LogP contribution in [0.3, 0.4) is 0 Å². The number of anilines is 1. The number of aryl methyl sites for hydroxylation is 4. The standard InChI is InChI=1S/C23H25ClN2O5S/c1-15-5-7-20(8-6-15)32(29,30)25-18-13-21(23(27)28)26(14-18)9-4-10-31-19-11-16(2)22(24)17(3)12-19/h5-8,11-14,25H,4,9-10H2,1-3H3,(H,27,28). The number of aromatic carboxylic acids is 1. The molecule has 0 fully saturated rings. The van der Waals surface area contributed by atoms with Gasteiger partial charge in [-0.3, -0.25) is 4.72 Å². The second-order valence-electron chi connectivity index (χ2n) is 7.60. The Morgan fingerprint density at radius 3 is 2.31 bits per heavy atom. The highest BCUT2D eigenvalue weighted by Gasteiger charge is 2.18. The summed E-state index contributed by atoms with van der Waals surface area (Å²) in [6, 6.07) is 11.4. The largest absolute Gasteiger partial charge is 0.494 e. The van der Waals surface area contributed by atoms with E-state index in [-0.39, 0.29) is 16.3 Å². The van der Waals surface area contributed by atoms with Crippen LogP contribution < -0.4 is 9.46 Å². The molecule has 1 heterocycles. The Hall–Kier alpha value is -2.97. The van der Waals surface area contributed by atoms with E-state index < -0.39 is 16.0 Å². The number of nitrogens with one attached hydrogen (secondary N) is 1. The summed E-state index contributed by atoms with van der Waals surface area (Å²) in [6.45, 7) is 6.38. The Morgan fingerprint density at radius 1 is 1.09 bits per heavy atom. The van der Waals surface area contributed by atoms with Gasteiger partial charge >= 0.3 is 5.97 Å². The van der Waals surface area contributed by atoms with Gasteiger partial charge in [-0.05, 0) is 68.7 Å². The lowest BCUT2D eigenvalue weighted by molar-refractivity contribution is 0.0684. The molecule has 2 aromatic carbocycles. The third-order valence-corrected chi connectivity index (χ3v) is 6.91. The molecule has 170 valence electrons. The van der Waals surface area contributed by atoms with Gasteiger partial charge in [0.05, 0.1) is 17.2 Å². The maximum Gasteiger partial charge on any atom is 0.352 e. The van der Waals surface area contributed by atoms with Gasteiger partial charge < -0.3 is 14.4 Å². The lowest BCUT2D eigenvalue weighted by Crippen LogP contribution is -2.12. The number of benzene rings is 2. The number of rotatable bonds is 9. The zero-order valence-electron chi connectivity index (χ0n) is 18.1. The van der Waals surface area contributed by atoms with Crippen molar-refractivity contribution in [1.29, 1.82) is 0 Å². The zero-order chi connectivity index (χ0) is 23.5. The predicted octanol–water partition coefficient (Wildman–Crippen LogP) is 5.03. The van der Waals surface area contributed by atoms with Gasteiger partial charge in [0, 0.05) is 17.8 Å². The third-order valence-electron chi connectivity index (χ3n) is 4.92. The number of aromatic nitrogens is 1. The van der Waals surface area contributed by atoms with Crippen molar-refractivity contribution in [3.8, 4) is 5.75 Å². The van der Waals surface area contributed by atoms with Crippen LogP contribution in [0.4, 0.5) is 5.69 Å². The van der Waals surface area contributed by atoms with Gasteiger partial charge in [0.2, 0.25) is 0 Å². The number of carboxylic acids is 1. The minimum Gasteiger partial charge on any atom is -0.494 e. The third kappa shape index (κ3) is 5.63. The molecule has 3 aromatic rings. The van der Waals surface area contributed by atoms with Gasteiger partial charge in [-0.1, -0.05) is 29.3 Å². The first-order valence-electron chi connectivity index (χ1n) is 9.99. The fourth-order valence-corrected chi connectivity index (χ4v) is 4.42. The van der Waals surface area contributed by atoms with Gasteiger partial charge in [0.1, 0.15) is 11.4 Å². The molecule has 0 amide bonds. The molecule has 1 aromatic heterocycles. The molecule has 3 rings (SSSR count). The molecule has 2 N–H and O–H groups in total. The molecular weight excluding hydrogens is 452 g/mol. The van der Waals surface area contributed by atoms with Crippen LogP contribution in [-0.4, -0.2) is 30.7 Å². The molecule has 0 saturated carbocycles. The quantitative estimate of drug-likeness (QED) is 0.422. The number of halogens is 1. The van der Waals surface area contributed by atoms with E-state index in [1.165, 1.54) is 29.0 Å². The lowest BCUT2D eigenvalue weighted by atomic mass is 10.1. The van der Waals surface area contributed by atoms with Crippen LogP contribution in [0.5, 0.6) is 5.75 Å². The molecular formula is C23H25ClN2O5S. The van der Waals surface area contributed by atoms with Gasteiger partial charge in [-0.25, -0.2) is 13.2 Å². The smallest absolute Gasteiger partial charge is 0.352 e. The van der Waals surface area contributed by atoms with Crippen LogP contribution >= 0.6 is 11.6 Å². The molecule has 0 aliphatic rings. The van der Waals surface area contributed by atoms with Crippen LogP contribution in [0.2, 0.25) is 5.02 Å². The average molecular weight is 477 g/mol. The van der Waals surface area contributed by atoms with Gasteiger partial charge in [-0.2, -0.15) is 0 Å². The summed E-state index contributed by atoms with van der Waals surface area (Å²) in [5.41, 5.74) is 2.96. The molecule has 0 spiro atoms. The monoisotopic (exact) mass is 476 g/mol. The van der Waals surface area contributed by atoms with Gasteiger partial charge in [-0.15, -0.1) is 0 Å². The fourth-order valence-electron chi connectivity index (χ4n) is 3.28. The zero-order valence-corrected chi connectivity index (χ0v) is 19.6. The Kier molecular flexibility index (Phi) is 7.16. The topological polar surface area (TPSA) is 97.6 Å². The van der Waals surface area contributed by atoms with Crippen molar-refractivity contribution in [3.63, 3.8) is 0 Å². The molecule has 7 nitrogen and oxygen atoms in total. The lowest BCUT2D eigenvalue weighted by Gasteiger charge is -2.11. The molecule has 32 heavy (non-hydrogen) atoms. The molecule has 0 saturated heterocycles. The highest BCUT2D eigenvalue weighted by Crippen LogP contribution is 2.26. The first-order valence-corrected chi connectivity index (χ1v) is 11.9. The van der Waals surface area contributed by atoms with Gasteiger partial charge in [0.15, 0.2) is 0 Å². The number of hydrogen-bond donors (Lipinski definition) is 2. The number of hydrogen-bond acceptors (Lipinski definition) is 4. The van der Waals surface area contributed by atoms with E-state index >= 15 is 0 Å². The van der Waals surface area contributed by atoms with E-state index in [9.17, 15) is 18.3 Å². The van der Waals surface area contributed by atoms with Crippen molar-refractivity contribution in [1.82, 2.24) is 4.57 Å². The minimum atomic E-state index is -3.82. The number of ether oxygens (including phenoxy) is 1. The first-order chi connectivity index (χ1) is 15.1.